The number of aromatic nitrogens is 2. The highest BCUT2D eigenvalue weighted by molar-refractivity contribution is 5.87. The van der Waals surface area contributed by atoms with Gasteiger partial charge in [-0.15, -0.1) is 0 Å². The third-order valence-corrected chi connectivity index (χ3v) is 3.19. The van der Waals surface area contributed by atoms with Crippen molar-refractivity contribution >= 4 is 5.97 Å². The molecule has 1 aromatic rings. The predicted octanol–water partition coefficient (Wildman–Crippen LogP) is 1.82. The van der Waals surface area contributed by atoms with E-state index in [1.807, 2.05) is 11.6 Å². The Kier molecular flexibility index (Phi) is 2.10. The summed E-state index contributed by atoms with van der Waals surface area (Å²) in [4.78, 5) is 11.0. The van der Waals surface area contributed by atoms with Crippen LogP contribution in [-0.4, -0.2) is 20.9 Å². The molecule has 15 heavy (non-hydrogen) atoms. The molecular weight excluding hydrogens is 192 g/mol. The predicted molar refractivity (Wildman–Crippen MR) is 56.2 cm³/mol. The highest BCUT2D eigenvalue weighted by atomic mass is 16.4. The molecule has 0 saturated carbocycles. The van der Waals surface area contributed by atoms with E-state index in [2.05, 4.69) is 18.9 Å². The summed E-state index contributed by atoms with van der Waals surface area (Å²) in [5, 5.41) is 13.2. The molecule has 2 rings (SSSR count). The Morgan fingerprint density at radius 2 is 2.27 bits per heavy atom. The van der Waals surface area contributed by atoms with Crippen LogP contribution in [0.25, 0.3) is 0 Å². The molecule has 0 unspecified atom stereocenters. The maximum absolute atomic E-state index is 11.0. The van der Waals surface area contributed by atoms with Crippen LogP contribution < -0.4 is 0 Å². The average molecular weight is 208 g/mol. The van der Waals surface area contributed by atoms with Crippen LogP contribution in [0.3, 0.4) is 0 Å². The Labute approximate surface area is 88.9 Å². The summed E-state index contributed by atoms with van der Waals surface area (Å²) in [6.07, 6.45) is 1.85. The van der Waals surface area contributed by atoms with Crippen molar-refractivity contribution in [1.82, 2.24) is 9.78 Å². The van der Waals surface area contributed by atoms with Crippen molar-refractivity contribution in [3.05, 3.63) is 17.0 Å². The van der Waals surface area contributed by atoms with Crippen LogP contribution in [0.2, 0.25) is 0 Å². The Morgan fingerprint density at radius 1 is 1.60 bits per heavy atom. The third-order valence-electron chi connectivity index (χ3n) is 3.19. The lowest BCUT2D eigenvalue weighted by atomic mass is 9.90. The molecule has 0 saturated heterocycles. The van der Waals surface area contributed by atoms with E-state index in [0.717, 1.165) is 30.6 Å². The first-order chi connectivity index (χ1) is 6.97. The Bertz CT molecular complexity index is 418. The summed E-state index contributed by atoms with van der Waals surface area (Å²) >= 11 is 0. The number of aromatic carboxylic acids is 1. The summed E-state index contributed by atoms with van der Waals surface area (Å²) < 4.78 is 1.84. The second-order valence-corrected chi connectivity index (χ2v) is 4.68. The van der Waals surface area contributed by atoms with Crippen LogP contribution in [-0.2, 0) is 18.4 Å². The fourth-order valence-corrected chi connectivity index (χ4v) is 2.45. The number of aryl methyl sites for hydroxylation is 1. The van der Waals surface area contributed by atoms with Crippen LogP contribution in [0.1, 0.15) is 48.9 Å². The lowest BCUT2D eigenvalue weighted by Crippen LogP contribution is -2.18. The summed E-state index contributed by atoms with van der Waals surface area (Å²) in [5.74, 6) is -0.906. The standard InChI is InChI=1S/C11H16N2O2/c1-4-13-9-7(5-6-11(9,2)3)8(12-13)10(14)15/h4-6H2,1-3H3,(H,14,15). The minimum absolute atomic E-state index is 0.0616. The van der Waals surface area contributed by atoms with E-state index in [1.54, 1.807) is 0 Å². The van der Waals surface area contributed by atoms with Gasteiger partial charge in [0.05, 0.1) is 0 Å². The molecule has 0 fully saturated rings. The summed E-state index contributed by atoms with van der Waals surface area (Å²) in [6, 6.07) is 0. The minimum Gasteiger partial charge on any atom is -0.476 e. The van der Waals surface area contributed by atoms with Crippen LogP contribution >= 0.6 is 0 Å². The molecule has 0 atom stereocenters. The molecule has 0 amide bonds. The second-order valence-electron chi connectivity index (χ2n) is 4.68. The zero-order valence-corrected chi connectivity index (χ0v) is 9.37. The van der Waals surface area contributed by atoms with Gasteiger partial charge in [-0.3, -0.25) is 4.68 Å². The largest absolute Gasteiger partial charge is 0.476 e. The number of carboxylic acids is 1. The van der Waals surface area contributed by atoms with Crippen LogP contribution in [0.4, 0.5) is 0 Å². The van der Waals surface area contributed by atoms with Crippen molar-refractivity contribution in [2.24, 2.45) is 0 Å². The van der Waals surface area contributed by atoms with E-state index in [0.29, 0.717) is 0 Å². The lowest BCUT2D eigenvalue weighted by Gasteiger charge is -2.19. The number of carboxylic acid groups (broad SMARTS) is 1. The van der Waals surface area contributed by atoms with E-state index in [1.165, 1.54) is 0 Å². The monoisotopic (exact) mass is 208 g/mol. The molecule has 4 heteroatoms. The molecule has 0 bridgehead atoms. The van der Waals surface area contributed by atoms with Crippen molar-refractivity contribution < 1.29 is 9.90 Å². The van der Waals surface area contributed by atoms with Gasteiger partial charge in [0.25, 0.3) is 0 Å². The van der Waals surface area contributed by atoms with Crippen molar-refractivity contribution in [1.29, 1.82) is 0 Å². The first-order valence-electron chi connectivity index (χ1n) is 5.31. The van der Waals surface area contributed by atoms with Gasteiger partial charge in [0.1, 0.15) is 0 Å². The summed E-state index contributed by atoms with van der Waals surface area (Å²) in [5.41, 5.74) is 2.36. The summed E-state index contributed by atoms with van der Waals surface area (Å²) in [6.45, 7) is 7.03. The minimum atomic E-state index is -0.906. The fourth-order valence-electron chi connectivity index (χ4n) is 2.45. The molecule has 1 aliphatic rings. The van der Waals surface area contributed by atoms with Gasteiger partial charge in [-0.2, -0.15) is 5.10 Å². The Morgan fingerprint density at radius 3 is 2.80 bits per heavy atom. The Balaban J connectivity index is 2.63. The molecule has 1 aliphatic carbocycles. The fraction of sp³-hybridized carbons (Fsp3) is 0.636. The molecule has 1 N–H and O–H groups in total. The van der Waals surface area contributed by atoms with Gasteiger partial charge >= 0.3 is 5.97 Å². The van der Waals surface area contributed by atoms with Gasteiger partial charge in [0.15, 0.2) is 5.69 Å². The van der Waals surface area contributed by atoms with Crippen molar-refractivity contribution in [2.75, 3.05) is 0 Å². The lowest BCUT2D eigenvalue weighted by molar-refractivity contribution is 0.0688. The molecule has 0 aliphatic heterocycles. The highest BCUT2D eigenvalue weighted by Gasteiger charge is 2.37. The van der Waals surface area contributed by atoms with E-state index in [4.69, 9.17) is 5.11 Å². The second kappa shape index (κ2) is 3.08. The van der Waals surface area contributed by atoms with E-state index in [-0.39, 0.29) is 11.1 Å². The molecule has 4 nitrogen and oxygen atoms in total. The first kappa shape index (κ1) is 10.2. The van der Waals surface area contributed by atoms with E-state index < -0.39 is 5.97 Å². The van der Waals surface area contributed by atoms with E-state index in [9.17, 15) is 4.79 Å². The topological polar surface area (TPSA) is 55.1 Å². The third kappa shape index (κ3) is 1.35. The van der Waals surface area contributed by atoms with E-state index >= 15 is 0 Å². The van der Waals surface area contributed by atoms with Gasteiger partial charge in [-0.05, 0) is 19.8 Å². The van der Waals surface area contributed by atoms with Gasteiger partial charge in [0.2, 0.25) is 0 Å². The van der Waals surface area contributed by atoms with Crippen molar-refractivity contribution in [3.63, 3.8) is 0 Å². The zero-order chi connectivity index (χ0) is 11.2. The average Bonchev–Trinajstić information content (AvgIpc) is 2.65. The van der Waals surface area contributed by atoms with Crippen LogP contribution in [0.15, 0.2) is 0 Å². The normalized spacial score (nSPS) is 17.8. The smallest absolute Gasteiger partial charge is 0.356 e. The van der Waals surface area contributed by atoms with Crippen molar-refractivity contribution in [3.8, 4) is 0 Å². The number of hydrogen-bond donors (Lipinski definition) is 1. The van der Waals surface area contributed by atoms with Crippen molar-refractivity contribution in [2.45, 2.75) is 45.6 Å². The van der Waals surface area contributed by atoms with Gasteiger partial charge in [0, 0.05) is 23.2 Å². The first-order valence-corrected chi connectivity index (χ1v) is 5.31. The number of hydrogen-bond acceptors (Lipinski definition) is 2. The quantitative estimate of drug-likeness (QED) is 0.806. The highest BCUT2D eigenvalue weighted by Crippen LogP contribution is 2.39. The van der Waals surface area contributed by atoms with Crippen LogP contribution in [0.5, 0.6) is 0 Å². The van der Waals surface area contributed by atoms with Gasteiger partial charge in [-0.25, -0.2) is 4.79 Å². The van der Waals surface area contributed by atoms with Crippen LogP contribution in [0, 0.1) is 0 Å². The molecule has 0 radical (unpaired) electrons. The maximum Gasteiger partial charge on any atom is 0.356 e. The Hall–Kier alpha value is -1.32. The maximum atomic E-state index is 11.0. The number of rotatable bonds is 2. The zero-order valence-electron chi connectivity index (χ0n) is 9.37. The number of nitrogens with zero attached hydrogens (tertiary/aromatic N) is 2. The molecule has 82 valence electrons. The number of carbonyl (C=O) groups is 1. The molecule has 0 spiro atoms. The molecule has 1 aromatic heterocycles. The van der Waals surface area contributed by atoms with Gasteiger partial charge in [-0.1, -0.05) is 13.8 Å². The SMILES string of the molecule is CCn1nc(C(=O)O)c2c1C(C)(C)CC2. The molecule has 1 heterocycles. The molecular formula is C11H16N2O2. The molecule has 0 aromatic carbocycles. The van der Waals surface area contributed by atoms with Gasteiger partial charge < -0.3 is 5.11 Å². The number of fused-ring (bicyclic) bond motifs is 1. The summed E-state index contributed by atoms with van der Waals surface area (Å²) in [7, 11) is 0.